The number of aryl methyl sites for hydroxylation is 1. The summed E-state index contributed by atoms with van der Waals surface area (Å²) < 4.78 is 5.29. The Labute approximate surface area is 152 Å². The van der Waals surface area contributed by atoms with Gasteiger partial charge in [-0.05, 0) is 12.5 Å². The van der Waals surface area contributed by atoms with Gasteiger partial charge in [-0.25, -0.2) is 0 Å². The number of carbonyl (C=O) groups is 3. The molecule has 0 bridgehead atoms. The second kappa shape index (κ2) is 8.80. The van der Waals surface area contributed by atoms with Gasteiger partial charge in [0.15, 0.2) is 0 Å². The minimum Gasteiger partial charge on any atom is -0.447 e. The molecule has 0 aromatic heterocycles. The van der Waals surface area contributed by atoms with Crippen LogP contribution in [0.2, 0.25) is 0 Å². The van der Waals surface area contributed by atoms with Crippen LogP contribution >= 0.6 is 0 Å². The fourth-order valence-corrected chi connectivity index (χ4v) is 2.56. The van der Waals surface area contributed by atoms with E-state index in [1.54, 1.807) is 30.3 Å². The van der Waals surface area contributed by atoms with Crippen LogP contribution in [0.25, 0.3) is 0 Å². The topological polar surface area (TPSA) is 98.5 Å². The van der Waals surface area contributed by atoms with E-state index in [9.17, 15) is 14.4 Å². The number of carbonyl (C=O) groups excluding carboxylic acids is 3. The van der Waals surface area contributed by atoms with Crippen LogP contribution < -0.4 is 11.1 Å². The number of rotatable bonds is 7. The van der Waals surface area contributed by atoms with Crippen LogP contribution in [-0.2, 0) is 19.1 Å². The van der Waals surface area contributed by atoms with Crippen LogP contribution in [0.3, 0.4) is 0 Å². The molecule has 2 amide bonds. The van der Waals surface area contributed by atoms with Gasteiger partial charge in [0.2, 0.25) is 12.0 Å². The third-order valence-corrected chi connectivity index (χ3v) is 3.84. The number of hydrogen-bond acceptors (Lipinski definition) is 4. The van der Waals surface area contributed by atoms with Gasteiger partial charge < -0.3 is 15.8 Å². The summed E-state index contributed by atoms with van der Waals surface area (Å²) >= 11 is 0. The predicted octanol–water partition coefficient (Wildman–Crippen LogP) is 2.33. The lowest BCUT2D eigenvalue weighted by atomic mass is 10.0. The van der Waals surface area contributed by atoms with E-state index in [1.165, 1.54) is 6.92 Å². The Balaban J connectivity index is 2.14. The maximum absolute atomic E-state index is 12.4. The molecule has 6 nitrogen and oxygen atoms in total. The summed E-state index contributed by atoms with van der Waals surface area (Å²) in [5.41, 5.74) is 7.71. The molecule has 0 saturated carbocycles. The number of benzene rings is 2. The van der Waals surface area contributed by atoms with E-state index in [4.69, 9.17) is 10.5 Å². The maximum Gasteiger partial charge on any atom is 0.309 e. The van der Waals surface area contributed by atoms with E-state index < -0.39 is 24.0 Å². The van der Waals surface area contributed by atoms with Gasteiger partial charge in [0.25, 0.3) is 5.91 Å². The zero-order valence-electron chi connectivity index (χ0n) is 14.8. The second-order valence-electron chi connectivity index (χ2n) is 6.05. The van der Waals surface area contributed by atoms with Gasteiger partial charge in [-0.2, -0.15) is 0 Å². The highest BCUT2D eigenvalue weighted by Crippen LogP contribution is 2.22. The molecule has 0 heterocycles. The molecule has 0 radical (unpaired) electrons. The van der Waals surface area contributed by atoms with Crippen molar-refractivity contribution in [1.82, 2.24) is 5.32 Å². The lowest BCUT2D eigenvalue weighted by Gasteiger charge is -2.20. The van der Waals surface area contributed by atoms with Gasteiger partial charge in [0.05, 0.1) is 12.5 Å². The molecule has 0 saturated heterocycles. The van der Waals surface area contributed by atoms with Gasteiger partial charge in [0, 0.05) is 12.5 Å². The molecule has 26 heavy (non-hydrogen) atoms. The van der Waals surface area contributed by atoms with Crippen LogP contribution in [0.4, 0.5) is 0 Å². The monoisotopic (exact) mass is 354 g/mol. The van der Waals surface area contributed by atoms with Crippen molar-refractivity contribution in [3.63, 3.8) is 0 Å². The third kappa shape index (κ3) is 5.44. The molecular formula is C20H22N2O4. The van der Waals surface area contributed by atoms with Crippen molar-refractivity contribution in [2.45, 2.75) is 32.4 Å². The highest BCUT2D eigenvalue weighted by Gasteiger charge is 2.25. The van der Waals surface area contributed by atoms with Crippen LogP contribution in [-0.4, -0.2) is 17.8 Å². The molecule has 2 atom stereocenters. The van der Waals surface area contributed by atoms with Crippen LogP contribution in [0.15, 0.2) is 54.6 Å². The molecule has 6 heteroatoms. The lowest BCUT2D eigenvalue weighted by Crippen LogP contribution is -2.31. The van der Waals surface area contributed by atoms with Gasteiger partial charge in [-0.1, -0.05) is 60.2 Å². The largest absolute Gasteiger partial charge is 0.447 e. The predicted molar refractivity (Wildman–Crippen MR) is 96.8 cm³/mol. The third-order valence-electron chi connectivity index (χ3n) is 3.84. The summed E-state index contributed by atoms with van der Waals surface area (Å²) in [6.07, 6.45) is -1.28. The van der Waals surface area contributed by atoms with Gasteiger partial charge in [-0.3, -0.25) is 14.4 Å². The first-order chi connectivity index (χ1) is 12.4. The standard InChI is InChI=1S/C20H22N2O4/c1-13-8-10-15(11-9-13)17(22-14(2)23)12-18(24)26-19(20(21)25)16-6-4-3-5-7-16/h3-11,17,19H,12H2,1-2H3,(H2,21,25)(H,22,23)/t17-,19-/m1/s1. The first-order valence-corrected chi connectivity index (χ1v) is 8.24. The number of ether oxygens (including phenoxy) is 1. The summed E-state index contributed by atoms with van der Waals surface area (Å²) in [6, 6.07) is 15.5. The number of hydrogen-bond donors (Lipinski definition) is 2. The van der Waals surface area contributed by atoms with Crippen LogP contribution in [0, 0.1) is 6.92 Å². The smallest absolute Gasteiger partial charge is 0.309 e. The van der Waals surface area contributed by atoms with Gasteiger partial charge >= 0.3 is 5.97 Å². The fourth-order valence-electron chi connectivity index (χ4n) is 2.56. The summed E-state index contributed by atoms with van der Waals surface area (Å²) in [5.74, 6) is -1.65. The SMILES string of the molecule is CC(=O)N[C@H](CC(=O)O[C@@H](C(N)=O)c1ccccc1)c1ccc(C)cc1. The Kier molecular flexibility index (Phi) is 6.49. The van der Waals surface area contributed by atoms with E-state index >= 15 is 0 Å². The fraction of sp³-hybridized carbons (Fsp3) is 0.250. The molecular weight excluding hydrogens is 332 g/mol. The average molecular weight is 354 g/mol. The molecule has 0 aliphatic rings. The first kappa shape index (κ1) is 19.2. The van der Waals surface area contributed by atoms with Crippen molar-refractivity contribution in [3.05, 3.63) is 71.3 Å². The highest BCUT2D eigenvalue weighted by atomic mass is 16.5. The number of nitrogens with one attached hydrogen (secondary N) is 1. The molecule has 2 rings (SSSR count). The Morgan fingerprint density at radius 3 is 2.15 bits per heavy atom. The Morgan fingerprint density at radius 1 is 1.00 bits per heavy atom. The molecule has 2 aromatic rings. The number of nitrogens with two attached hydrogens (primary N) is 1. The molecule has 2 aromatic carbocycles. The zero-order valence-corrected chi connectivity index (χ0v) is 14.8. The Bertz CT molecular complexity index is 772. The van der Waals surface area contributed by atoms with E-state index in [0.29, 0.717) is 5.56 Å². The minimum atomic E-state index is -1.17. The van der Waals surface area contributed by atoms with Crippen molar-refractivity contribution in [1.29, 1.82) is 0 Å². The molecule has 0 aliphatic carbocycles. The highest BCUT2D eigenvalue weighted by molar-refractivity contribution is 5.84. The molecule has 0 fully saturated rings. The molecule has 0 unspecified atom stereocenters. The second-order valence-corrected chi connectivity index (χ2v) is 6.05. The van der Waals surface area contributed by atoms with Crippen molar-refractivity contribution in [3.8, 4) is 0 Å². The lowest BCUT2D eigenvalue weighted by molar-refractivity contribution is -0.156. The maximum atomic E-state index is 12.4. The van der Waals surface area contributed by atoms with Crippen molar-refractivity contribution >= 4 is 17.8 Å². The normalized spacial score (nSPS) is 12.7. The van der Waals surface area contributed by atoms with E-state index in [2.05, 4.69) is 5.32 Å². The van der Waals surface area contributed by atoms with Gasteiger partial charge in [0.1, 0.15) is 0 Å². The molecule has 0 aliphatic heterocycles. The van der Waals surface area contributed by atoms with E-state index in [1.807, 2.05) is 31.2 Å². The summed E-state index contributed by atoms with van der Waals surface area (Å²) in [7, 11) is 0. The zero-order chi connectivity index (χ0) is 19.1. The summed E-state index contributed by atoms with van der Waals surface area (Å²) in [4.78, 5) is 35.6. The van der Waals surface area contributed by atoms with Crippen LogP contribution in [0.1, 0.15) is 42.2 Å². The minimum absolute atomic E-state index is 0.112. The van der Waals surface area contributed by atoms with Gasteiger partial charge in [-0.15, -0.1) is 0 Å². The number of esters is 1. The van der Waals surface area contributed by atoms with Crippen molar-refractivity contribution < 1.29 is 19.1 Å². The average Bonchev–Trinajstić information content (AvgIpc) is 2.60. The quantitative estimate of drug-likeness (QED) is 0.746. The van der Waals surface area contributed by atoms with Crippen LogP contribution in [0.5, 0.6) is 0 Å². The Morgan fingerprint density at radius 2 is 1.62 bits per heavy atom. The summed E-state index contributed by atoms with van der Waals surface area (Å²) in [5, 5.41) is 2.73. The number of amides is 2. The molecule has 0 spiro atoms. The van der Waals surface area contributed by atoms with Crippen molar-refractivity contribution in [2.24, 2.45) is 5.73 Å². The van der Waals surface area contributed by atoms with Crippen molar-refractivity contribution in [2.75, 3.05) is 0 Å². The molecule has 3 N–H and O–H groups in total. The first-order valence-electron chi connectivity index (χ1n) is 8.24. The van der Waals surface area contributed by atoms with E-state index in [0.717, 1.165) is 11.1 Å². The Hall–Kier alpha value is -3.15. The summed E-state index contributed by atoms with van der Waals surface area (Å²) in [6.45, 7) is 3.32. The van der Waals surface area contributed by atoms with E-state index in [-0.39, 0.29) is 12.3 Å². The molecule has 136 valence electrons. The number of primary amides is 1.